The van der Waals surface area contributed by atoms with Gasteiger partial charge in [-0.15, -0.1) is 11.3 Å². The number of Topliss-reactive ketones (excluding diaryl/α,β-unsaturated/α-hetero) is 1. The number of carbonyl (C=O) groups is 2. The number of fused-ring (bicyclic) bond motifs is 2. The summed E-state index contributed by atoms with van der Waals surface area (Å²) >= 11 is 1.56. The van der Waals surface area contributed by atoms with Crippen molar-refractivity contribution < 1.29 is 27.5 Å². The van der Waals surface area contributed by atoms with E-state index >= 15 is 0 Å². The quantitative estimate of drug-likeness (QED) is 0.315. The third kappa shape index (κ3) is 5.94. The first-order valence-electron chi connectivity index (χ1n) is 14.0. The molecule has 2 atom stereocenters. The number of sulfonamides is 1. The molecule has 4 rings (SSSR count). The van der Waals surface area contributed by atoms with Crippen LogP contribution in [-0.2, 0) is 32.6 Å². The minimum atomic E-state index is -3.85. The normalized spacial score (nSPS) is 21.6. The maximum absolute atomic E-state index is 13.9. The topological polar surface area (TPSA) is 93.2 Å². The van der Waals surface area contributed by atoms with Crippen LogP contribution in [0.1, 0.15) is 56.9 Å². The number of thiophene rings is 1. The van der Waals surface area contributed by atoms with Crippen LogP contribution in [-0.4, -0.2) is 68.9 Å². The summed E-state index contributed by atoms with van der Waals surface area (Å²) in [5, 5.41) is 1.97. The summed E-state index contributed by atoms with van der Waals surface area (Å²) in [6.45, 7) is 6.81. The molecule has 220 valence electrons. The minimum absolute atomic E-state index is 0.0642. The van der Waals surface area contributed by atoms with Crippen LogP contribution in [0.15, 0.2) is 35.7 Å². The second kappa shape index (κ2) is 12.2. The number of rotatable bonds is 14. The van der Waals surface area contributed by atoms with Gasteiger partial charge in [-0.2, -0.15) is 4.31 Å². The zero-order valence-electron chi connectivity index (χ0n) is 24.3. The van der Waals surface area contributed by atoms with E-state index in [1.807, 2.05) is 56.5 Å². The molecule has 1 heterocycles. The van der Waals surface area contributed by atoms with E-state index in [1.54, 1.807) is 30.5 Å². The molecule has 2 aromatic rings. The second-order valence-corrected chi connectivity index (χ2v) is 14.6. The van der Waals surface area contributed by atoms with Gasteiger partial charge in [-0.05, 0) is 66.2 Å². The summed E-state index contributed by atoms with van der Waals surface area (Å²) in [4.78, 5) is 29.6. The Balaban J connectivity index is 1.52. The number of ether oxygens (including phenoxy) is 2. The summed E-state index contributed by atoms with van der Waals surface area (Å²) in [6.07, 6.45) is 3.10. The Bertz CT molecular complexity index is 1310. The number of nitrogens with zero attached hydrogens (tertiary/aromatic N) is 2. The monoisotopic (exact) mass is 590 g/mol. The van der Waals surface area contributed by atoms with Crippen molar-refractivity contribution in [2.24, 2.45) is 16.7 Å². The summed E-state index contributed by atoms with van der Waals surface area (Å²) in [5.41, 5.74) is -0.240. The molecule has 1 amide bonds. The average Bonchev–Trinajstić information content (AvgIpc) is 3.56. The number of hydrogen-bond donors (Lipinski definition) is 0. The molecule has 8 nitrogen and oxygen atoms in total. The van der Waals surface area contributed by atoms with E-state index in [0.717, 1.165) is 16.9 Å². The van der Waals surface area contributed by atoms with Gasteiger partial charge in [-0.3, -0.25) is 9.59 Å². The molecule has 0 aliphatic heterocycles. The van der Waals surface area contributed by atoms with Crippen LogP contribution in [0, 0.1) is 16.7 Å². The average molecular weight is 591 g/mol. The van der Waals surface area contributed by atoms with Crippen LogP contribution >= 0.6 is 11.3 Å². The van der Waals surface area contributed by atoms with Gasteiger partial charge in [0.05, 0.1) is 33.1 Å². The van der Waals surface area contributed by atoms with Crippen LogP contribution in [0.2, 0.25) is 0 Å². The Morgan fingerprint density at radius 1 is 1.12 bits per heavy atom. The highest BCUT2D eigenvalue weighted by molar-refractivity contribution is 7.89. The molecule has 40 heavy (non-hydrogen) atoms. The molecule has 2 fully saturated rings. The van der Waals surface area contributed by atoms with Crippen LogP contribution in [0.25, 0.3) is 0 Å². The molecule has 2 aliphatic rings. The van der Waals surface area contributed by atoms with Crippen molar-refractivity contribution in [1.29, 1.82) is 0 Å². The Kier molecular flexibility index (Phi) is 9.31. The van der Waals surface area contributed by atoms with Gasteiger partial charge < -0.3 is 14.4 Å². The molecule has 2 saturated carbocycles. The van der Waals surface area contributed by atoms with Gasteiger partial charge in [-0.1, -0.05) is 32.9 Å². The van der Waals surface area contributed by atoms with Crippen molar-refractivity contribution >= 4 is 33.1 Å². The number of ketones is 1. The van der Waals surface area contributed by atoms with Gasteiger partial charge in [0, 0.05) is 29.8 Å². The second-order valence-electron chi connectivity index (χ2n) is 11.6. The third-order valence-corrected chi connectivity index (χ3v) is 12.0. The first-order valence-corrected chi connectivity index (χ1v) is 16.5. The molecular formula is C30H42N2O6S2. The fraction of sp³-hybridized carbons (Fsp3) is 0.600. The molecule has 2 unspecified atom stereocenters. The predicted molar refractivity (Wildman–Crippen MR) is 157 cm³/mol. The van der Waals surface area contributed by atoms with Crippen molar-refractivity contribution in [3.8, 4) is 11.5 Å². The molecule has 10 heteroatoms. The number of methoxy groups -OCH3 is 2. The Morgan fingerprint density at radius 3 is 2.45 bits per heavy atom. The van der Waals surface area contributed by atoms with E-state index < -0.39 is 15.4 Å². The fourth-order valence-corrected chi connectivity index (χ4v) is 9.48. The number of carbonyl (C=O) groups excluding carboxylic acids is 2. The van der Waals surface area contributed by atoms with E-state index in [4.69, 9.17) is 9.47 Å². The van der Waals surface area contributed by atoms with Gasteiger partial charge >= 0.3 is 0 Å². The number of benzene rings is 1. The molecular weight excluding hydrogens is 548 g/mol. The molecule has 0 saturated heterocycles. The Labute approximate surface area is 242 Å². The van der Waals surface area contributed by atoms with E-state index in [2.05, 4.69) is 0 Å². The fourth-order valence-electron chi connectivity index (χ4n) is 6.51. The van der Waals surface area contributed by atoms with Crippen LogP contribution in [0.5, 0.6) is 11.5 Å². The van der Waals surface area contributed by atoms with E-state index in [0.29, 0.717) is 50.3 Å². The Hall–Kier alpha value is -2.43. The zero-order valence-corrected chi connectivity index (χ0v) is 25.9. The van der Waals surface area contributed by atoms with Crippen molar-refractivity contribution in [2.75, 3.05) is 39.6 Å². The first-order chi connectivity index (χ1) is 19.0. The highest BCUT2D eigenvalue weighted by Crippen LogP contribution is 2.64. The van der Waals surface area contributed by atoms with Gasteiger partial charge in [-0.25, -0.2) is 8.42 Å². The lowest BCUT2D eigenvalue weighted by Crippen LogP contribution is -2.49. The summed E-state index contributed by atoms with van der Waals surface area (Å²) in [6, 6.07) is 9.60. The lowest BCUT2D eigenvalue weighted by Gasteiger charge is -2.37. The van der Waals surface area contributed by atoms with Crippen molar-refractivity contribution in [3.05, 3.63) is 46.2 Å². The minimum Gasteiger partial charge on any atom is -0.493 e. The van der Waals surface area contributed by atoms with Gasteiger partial charge in [0.25, 0.3) is 0 Å². The number of amides is 1. The maximum Gasteiger partial charge on any atom is 0.238 e. The summed E-state index contributed by atoms with van der Waals surface area (Å²) < 4.78 is 39.8. The smallest absolute Gasteiger partial charge is 0.238 e. The highest BCUT2D eigenvalue weighted by Gasteiger charge is 2.65. The number of hydrogen-bond acceptors (Lipinski definition) is 7. The first kappa shape index (κ1) is 30.5. The Morgan fingerprint density at radius 2 is 1.88 bits per heavy atom. The molecule has 0 N–H and O–H groups in total. The van der Waals surface area contributed by atoms with Crippen molar-refractivity contribution in [2.45, 2.75) is 59.4 Å². The SMILES string of the molecule is CCCN(CC(=O)N(CCc1ccc(OC)c(OC)c1)Cc1cccs1)S(=O)(=O)CC12CCC(CC1=O)C2(C)C. The van der Waals surface area contributed by atoms with Gasteiger partial charge in [0.1, 0.15) is 5.78 Å². The summed E-state index contributed by atoms with van der Waals surface area (Å²) in [5.74, 6) is 1.09. The molecule has 2 bridgehead atoms. The largest absolute Gasteiger partial charge is 0.493 e. The van der Waals surface area contributed by atoms with Crippen LogP contribution in [0.4, 0.5) is 0 Å². The third-order valence-electron chi connectivity index (χ3n) is 9.14. The molecule has 1 aromatic heterocycles. The summed E-state index contributed by atoms with van der Waals surface area (Å²) in [7, 11) is -0.680. The lowest BCUT2D eigenvalue weighted by atomic mass is 9.70. The zero-order chi connectivity index (χ0) is 29.1. The predicted octanol–water partition coefficient (Wildman–Crippen LogP) is 4.77. The van der Waals surface area contributed by atoms with E-state index in [-0.39, 0.29) is 41.9 Å². The standard InChI is InChI=1S/C30H42N2O6S2/c1-6-14-32(40(35,36)21-30-13-11-23(18-27(30)33)29(30,2)3)20-28(34)31(19-24-8-7-16-39-24)15-12-22-9-10-25(37-4)26(17-22)38-5/h7-10,16-17,23H,6,11-15,18-21H2,1-5H3. The van der Waals surface area contributed by atoms with Gasteiger partial charge in [0.15, 0.2) is 11.5 Å². The maximum atomic E-state index is 13.9. The van der Waals surface area contributed by atoms with Gasteiger partial charge in [0.2, 0.25) is 15.9 Å². The molecule has 0 radical (unpaired) electrons. The van der Waals surface area contributed by atoms with Crippen LogP contribution in [0.3, 0.4) is 0 Å². The van der Waals surface area contributed by atoms with E-state index in [9.17, 15) is 18.0 Å². The lowest BCUT2D eigenvalue weighted by molar-refractivity contribution is -0.132. The van der Waals surface area contributed by atoms with Crippen molar-refractivity contribution in [1.82, 2.24) is 9.21 Å². The molecule has 1 aromatic carbocycles. The molecule has 2 aliphatic carbocycles. The highest BCUT2D eigenvalue weighted by atomic mass is 32.2. The molecule has 0 spiro atoms. The van der Waals surface area contributed by atoms with Crippen LogP contribution < -0.4 is 9.47 Å². The van der Waals surface area contributed by atoms with E-state index in [1.165, 1.54) is 4.31 Å². The van der Waals surface area contributed by atoms with Crippen molar-refractivity contribution in [3.63, 3.8) is 0 Å².